The quantitative estimate of drug-likeness (QED) is 0.890. The Morgan fingerprint density at radius 2 is 2.20 bits per heavy atom. The molecule has 1 aromatic rings. The van der Waals surface area contributed by atoms with Gasteiger partial charge in [0.05, 0.1) is 5.56 Å². The van der Waals surface area contributed by atoms with Crippen molar-refractivity contribution in [1.29, 1.82) is 5.26 Å². The number of amides is 1. The summed E-state index contributed by atoms with van der Waals surface area (Å²) in [7, 11) is 0. The van der Waals surface area contributed by atoms with E-state index in [0.29, 0.717) is 17.9 Å². The molecule has 0 bridgehead atoms. The second kappa shape index (κ2) is 5.57. The summed E-state index contributed by atoms with van der Waals surface area (Å²) < 4.78 is 0. The van der Waals surface area contributed by atoms with Crippen molar-refractivity contribution in [2.45, 2.75) is 53.4 Å². The topological polar surface area (TPSA) is 52.9 Å². The molecule has 1 aliphatic rings. The Kier molecular flexibility index (Phi) is 4.19. The van der Waals surface area contributed by atoms with E-state index >= 15 is 0 Å². The van der Waals surface area contributed by atoms with E-state index in [1.54, 1.807) is 11.3 Å². The second-order valence-electron chi connectivity index (χ2n) is 6.95. The molecule has 0 aromatic carbocycles. The van der Waals surface area contributed by atoms with Gasteiger partial charge in [-0.15, -0.1) is 11.3 Å². The van der Waals surface area contributed by atoms with Crippen molar-refractivity contribution in [3.05, 3.63) is 16.0 Å². The number of hydrogen-bond acceptors (Lipinski definition) is 3. The molecule has 20 heavy (non-hydrogen) atoms. The first kappa shape index (κ1) is 15.1. The summed E-state index contributed by atoms with van der Waals surface area (Å²) >= 11 is 1.59. The molecule has 1 atom stereocenters. The summed E-state index contributed by atoms with van der Waals surface area (Å²) in [6, 6.07) is 2.28. The number of fused-ring (bicyclic) bond motifs is 1. The maximum absolute atomic E-state index is 12.1. The number of rotatable bonds is 2. The lowest BCUT2D eigenvalue weighted by Crippen LogP contribution is -2.19. The Morgan fingerprint density at radius 3 is 2.80 bits per heavy atom. The number of hydrogen-bond donors (Lipinski definition) is 1. The van der Waals surface area contributed by atoms with E-state index in [0.717, 1.165) is 24.3 Å². The second-order valence-corrected chi connectivity index (χ2v) is 8.06. The van der Waals surface area contributed by atoms with Gasteiger partial charge in [-0.05, 0) is 36.2 Å². The van der Waals surface area contributed by atoms with Gasteiger partial charge < -0.3 is 5.32 Å². The maximum Gasteiger partial charge on any atom is 0.225 e. The van der Waals surface area contributed by atoms with Gasteiger partial charge in [-0.3, -0.25) is 4.79 Å². The fourth-order valence-electron chi connectivity index (χ4n) is 2.61. The fourth-order valence-corrected chi connectivity index (χ4v) is 3.99. The first-order chi connectivity index (χ1) is 9.30. The fraction of sp³-hybridized carbons (Fsp3) is 0.625. The largest absolute Gasteiger partial charge is 0.317 e. The van der Waals surface area contributed by atoms with Crippen LogP contribution in [0.15, 0.2) is 0 Å². The molecule has 1 aromatic heterocycles. The van der Waals surface area contributed by atoms with Gasteiger partial charge in [-0.2, -0.15) is 5.26 Å². The molecule has 2 rings (SSSR count). The maximum atomic E-state index is 12.1. The molecule has 0 saturated heterocycles. The molecule has 4 heteroatoms. The van der Waals surface area contributed by atoms with Gasteiger partial charge in [-0.1, -0.05) is 27.7 Å². The van der Waals surface area contributed by atoms with E-state index in [9.17, 15) is 10.1 Å². The summed E-state index contributed by atoms with van der Waals surface area (Å²) in [6.45, 7) is 8.36. The minimum Gasteiger partial charge on any atom is -0.317 e. The number of thiophene rings is 1. The Balaban J connectivity index is 2.21. The SMILES string of the molecule is C[C@@H]1CCc2c(sc(NC(=O)CC(C)(C)C)c2C#N)C1. The van der Waals surface area contributed by atoms with Crippen LogP contribution < -0.4 is 5.32 Å². The monoisotopic (exact) mass is 290 g/mol. The summed E-state index contributed by atoms with van der Waals surface area (Å²) in [6.07, 6.45) is 3.60. The van der Waals surface area contributed by atoms with E-state index in [2.05, 4.69) is 18.3 Å². The molecule has 0 aliphatic heterocycles. The minimum absolute atomic E-state index is 0.000598. The molecule has 0 spiro atoms. The lowest BCUT2D eigenvalue weighted by atomic mass is 9.88. The highest BCUT2D eigenvalue weighted by Crippen LogP contribution is 2.39. The summed E-state index contributed by atoms with van der Waals surface area (Å²) in [4.78, 5) is 13.3. The molecule has 0 saturated carbocycles. The molecule has 1 heterocycles. The summed E-state index contributed by atoms with van der Waals surface area (Å²) in [5.41, 5.74) is 1.82. The number of carbonyl (C=O) groups excluding carboxylic acids is 1. The highest BCUT2D eigenvalue weighted by molar-refractivity contribution is 7.16. The third kappa shape index (κ3) is 3.40. The normalized spacial score (nSPS) is 18.2. The van der Waals surface area contributed by atoms with Gasteiger partial charge in [0.2, 0.25) is 5.91 Å². The van der Waals surface area contributed by atoms with E-state index in [-0.39, 0.29) is 11.3 Å². The van der Waals surface area contributed by atoms with Gasteiger partial charge in [0.25, 0.3) is 0 Å². The van der Waals surface area contributed by atoms with Gasteiger partial charge >= 0.3 is 0 Å². The Morgan fingerprint density at radius 1 is 1.50 bits per heavy atom. The minimum atomic E-state index is -0.0394. The Hall–Kier alpha value is -1.34. The first-order valence-electron chi connectivity index (χ1n) is 7.14. The van der Waals surface area contributed by atoms with Crippen molar-refractivity contribution in [1.82, 2.24) is 0 Å². The van der Waals surface area contributed by atoms with Crippen molar-refractivity contribution in [3.8, 4) is 6.07 Å². The molecule has 0 unspecified atom stereocenters. The molecular formula is C16H22N2OS. The highest BCUT2D eigenvalue weighted by Gasteiger charge is 2.25. The number of nitriles is 1. The average molecular weight is 290 g/mol. The van der Waals surface area contributed by atoms with Crippen LogP contribution in [0.2, 0.25) is 0 Å². The number of nitrogens with one attached hydrogen (secondary N) is 1. The summed E-state index contributed by atoms with van der Waals surface area (Å²) in [5, 5.41) is 13.1. The smallest absolute Gasteiger partial charge is 0.225 e. The van der Waals surface area contributed by atoms with Crippen LogP contribution in [0.3, 0.4) is 0 Å². The van der Waals surface area contributed by atoms with Crippen molar-refractivity contribution in [3.63, 3.8) is 0 Å². The van der Waals surface area contributed by atoms with Crippen LogP contribution in [0.5, 0.6) is 0 Å². The molecular weight excluding hydrogens is 268 g/mol. The first-order valence-corrected chi connectivity index (χ1v) is 7.96. The standard InChI is InChI=1S/C16H22N2OS/c1-10-5-6-11-12(9-17)15(20-13(11)7-10)18-14(19)8-16(2,3)4/h10H,5-8H2,1-4H3,(H,18,19)/t10-/m1/s1. The summed E-state index contributed by atoms with van der Waals surface area (Å²) in [5.74, 6) is 0.673. The van der Waals surface area contributed by atoms with Crippen molar-refractivity contribution in [2.24, 2.45) is 11.3 Å². The van der Waals surface area contributed by atoms with Gasteiger partial charge in [0.1, 0.15) is 11.1 Å². The van der Waals surface area contributed by atoms with Crippen LogP contribution in [0.4, 0.5) is 5.00 Å². The van der Waals surface area contributed by atoms with E-state index in [4.69, 9.17) is 0 Å². The number of carbonyl (C=O) groups is 1. The average Bonchev–Trinajstić information content (AvgIpc) is 2.62. The van der Waals surface area contributed by atoms with Crippen LogP contribution in [0, 0.1) is 22.7 Å². The predicted molar refractivity (Wildman–Crippen MR) is 82.9 cm³/mol. The predicted octanol–water partition coefficient (Wildman–Crippen LogP) is 4.12. The zero-order valence-corrected chi connectivity index (χ0v) is 13.5. The van der Waals surface area contributed by atoms with Gasteiger partial charge in [-0.25, -0.2) is 0 Å². The molecule has 1 amide bonds. The van der Waals surface area contributed by atoms with Crippen LogP contribution in [0.25, 0.3) is 0 Å². The van der Waals surface area contributed by atoms with Crippen LogP contribution >= 0.6 is 11.3 Å². The Labute approximate surface area is 125 Å². The number of anilines is 1. The molecule has 0 fully saturated rings. The molecule has 1 aliphatic carbocycles. The Bertz CT molecular complexity index is 560. The van der Waals surface area contributed by atoms with Crippen LogP contribution in [-0.4, -0.2) is 5.91 Å². The van der Waals surface area contributed by atoms with Crippen molar-refractivity contribution >= 4 is 22.2 Å². The van der Waals surface area contributed by atoms with E-state index in [1.165, 1.54) is 10.4 Å². The van der Waals surface area contributed by atoms with Gasteiger partial charge in [0.15, 0.2) is 0 Å². The van der Waals surface area contributed by atoms with Gasteiger partial charge in [0, 0.05) is 11.3 Å². The van der Waals surface area contributed by atoms with Crippen molar-refractivity contribution < 1.29 is 4.79 Å². The van der Waals surface area contributed by atoms with Crippen LogP contribution in [-0.2, 0) is 17.6 Å². The third-order valence-corrected chi connectivity index (χ3v) is 4.74. The zero-order valence-electron chi connectivity index (χ0n) is 12.7. The molecule has 108 valence electrons. The third-order valence-electron chi connectivity index (χ3n) is 3.57. The molecule has 1 N–H and O–H groups in total. The van der Waals surface area contributed by atoms with E-state index in [1.807, 2.05) is 20.8 Å². The zero-order chi connectivity index (χ0) is 14.9. The molecule has 0 radical (unpaired) electrons. The van der Waals surface area contributed by atoms with Crippen molar-refractivity contribution in [2.75, 3.05) is 5.32 Å². The lowest BCUT2D eigenvalue weighted by Gasteiger charge is -2.17. The van der Waals surface area contributed by atoms with Crippen LogP contribution in [0.1, 0.15) is 56.5 Å². The van der Waals surface area contributed by atoms with E-state index < -0.39 is 0 Å². The number of nitrogens with zero attached hydrogens (tertiary/aromatic N) is 1. The highest BCUT2D eigenvalue weighted by atomic mass is 32.1. The molecule has 3 nitrogen and oxygen atoms in total. The lowest BCUT2D eigenvalue weighted by molar-refractivity contribution is -0.117.